The summed E-state index contributed by atoms with van der Waals surface area (Å²) < 4.78 is 15.7. The maximum absolute atomic E-state index is 12.2. The lowest BCUT2D eigenvalue weighted by Gasteiger charge is -2.10. The van der Waals surface area contributed by atoms with Crippen molar-refractivity contribution in [2.45, 2.75) is 30.5 Å². The highest BCUT2D eigenvalue weighted by Crippen LogP contribution is 2.30. The molecule has 1 aromatic rings. The van der Waals surface area contributed by atoms with E-state index in [9.17, 15) is 9.00 Å². The van der Waals surface area contributed by atoms with Gasteiger partial charge in [0.15, 0.2) is 23.7 Å². The highest BCUT2D eigenvalue weighted by atomic mass is 35.5. The van der Waals surface area contributed by atoms with Gasteiger partial charge in [0.1, 0.15) is 0 Å². The van der Waals surface area contributed by atoms with Crippen LogP contribution in [0.1, 0.15) is 20.3 Å². The van der Waals surface area contributed by atoms with Gasteiger partial charge in [0.2, 0.25) is 0 Å². The van der Waals surface area contributed by atoms with Crippen molar-refractivity contribution in [3.05, 3.63) is 9.62 Å². The first-order valence-electron chi connectivity index (χ1n) is 5.29. The van der Waals surface area contributed by atoms with Crippen LogP contribution in [-0.4, -0.2) is 21.1 Å². The zero-order chi connectivity index (χ0) is 14.8. The minimum Gasteiger partial charge on any atom is -0.320 e. The van der Waals surface area contributed by atoms with Crippen LogP contribution in [0.25, 0.3) is 0 Å². The predicted molar refractivity (Wildman–Crippen MR) is 77.6 cm³/mol. The molecule has 2 atom stereocenters. The van der Waals surface area contributed by atoms with Gasteiger partial charge in [-0.25, -0.2) is 14.3 Å². The van der Waals surface area contributed by atoms with Crippen LogP contribution in [0.15, 0.2) is 8.57 Å². The summed E-state index contributed by atoms with van der Waals surface area (Å²) in [6, 6.07) is -0.841. The lowest BCUT2D eigenvalue weighted by molar-refractivity contribution is -0.119. The van der Waals surface area contributed by atoms with E-state index in [0.717, 1.165) is 11.3 Å². The molecule has 108 valence electrons. The van der Waals surface area contributed by atoms with Crippen molar-refractivity contribution >= 4 is 50.4 Å². The van der Waals surface area contributed by atoms with Crippen molar-refractivity contribution < 1.29 is 9.00 Å². The number of hydrogen-bond donors (Lipinski definition) is 2. The summed E-state index contributed by atoms with van der Waals surface area (Å²) >= 11 is 12.2. The molecule has 0 saturated heterocycles. The quantitative estimate of drug-likeness (QED) is 0.870. The van der Waals surface area contributed by atoms with Crippen molar-refractivity contribution in [3.63, 3.8) is 0 Å². The Kier molecular flexibility index (Phi) is 5.72. The zero-order valence-corrected chi connectivity index (χ0v) is 13.4. The number of nitrogens with two attached hydrogens (primary N) is 2. The van der Waals surface area contributed by atoms with Crippen molar-refractivity contribution in [2.24, 2.45) is 21.2 Å². The van der Waals surface area contributed by atoms with Gasteiger partial charge in [0, 0.05) is 0 Å². The third-order valence-corrected chi connectivity index (χ3v) is 5.66. The summed E-state index contributed by atoms with van der Waals surface area (Å²) in [7, 11) is -3.47. The van der Waals surface area contributed by atoms with E-state index in [1.165, 1.54) is 0 Å². The number of thiazole rings is 1. The Balaban J connectivity index is 3.06. The smallest absolute Gasteiger partial charge is 0.271 e. The van der Waals surface area contributed by atoms with E-state index in [0.29, 0.717) is 6.42 Å². The average molecular weight is 345 g/mol. The number of carbonyl (C=O) groups is 1. The molecule has 19 heavy (non-hydrogen) atoms. The largest absolute Gasteiger partial charge is 0.320 e. The van der Waals surface area contributed by atoms with Gasteiger partial charge in [-0.2, -0.15) is 0 Å². The van der Waals surface area contributed by atoms with Crippen molar-refractivity contribution in [1.82, 2.24) is 4.98 Å². The lowest BCUT2D eigenvalue weighted by atomic mass is 10.0. The summed E-state index contributed by atoms with van der Waals surface area (Å²) in [5.41, 5.74) is 5.65. The Morgan fingerprint density at radius 3 is 2.53 bits per heavy atom. The third kappa shape index (κ3) is 4.66. The number of hydrogen-bond acceptors (Lipinski definition) is 5. The molecular weight excluding hydrogens is 331 g/mol. The number of carbonyl (C=O) groups excluding carboxylic acids is 1. The van der Waals surface area contributed by atoms with E-state index in [1.54, 1.807) is 0 Å². The topological polar surface area (TPSA) is 111 Å². The van der Waals surface area contributed by atoms with E-state index >= 15 is 0 Å². The number of rotatable bonds is 4. The molecule has 1 rings (SSSR count). The van der Waals surface area contributed by atoms with Crippen LogP contribution < -0.4 is 10.9 Å². The Bertz CT molecular complexity index is 593. The first-order chi connectivity index (χ1) is 8.63. The Hall–Kier alpha value is -0.250. The minimum absolute atomic E-state index is 0.0238. The summed E-state index contributed by atoms with van der Waals surface area (Å²) in [6.07, 6.45) is 0.426. The number of aromatic nitrogens is 1. The highest BCUT2D eigenvalue weighted by molar-refractivity contribution is 7.93. The van der Waals surface area contributed by atoms with Crippen LogP contribution in [0.3, 0.4) is 0 Å². The molecule has 0 fully saturated rings. The Labute approximate surface area is 125 Å². The molecule has 0 bridgehead atoms. The first kappa shape index (κ1) is 16.8. The van der Waals surface area contributed by atoms with Crippen LogP contribution in [0, 0.1) is 5.92 Å². The molecule has 0 aliphatic heterocycles. The first-order valence-corrected chi connectivity index (χ1v) is 8.44. The van der Waals surface area contributed by atoms with Gasteiger partial charge in [0.25, 0.3) is 5.91 Å². The number of halogens is 2. The fraction of sp³-hybridized carbons (Fsp3) is 0.556. The average Bonchev–Trinajstić information content (AvgIpc) is 2.56. The minimum atomic E-state index is -3.47. The van der Waals surface area contributed by atoms with E-state index in [1.807, 2.05) is 13.8 Å². The van der Waals surface area contributed by atoms with Crippen LogP contribution in [0.2, 0.25) is 9.62 Å². The second kappa shape index (κ2) is 6.47. The molecule has 1 aromatic heterocycles. The molecule has 10 heteroatoms. The van der Waals surface area contributed by atoms with Gasteiger partial charge in [-0.15, -0.1) is 4.36 Å². The van der Waals surface area contributed by atoms with Gasteiger partial charge < -0.3 is 5.73 Å². The SMILES string of the molecule is CC(C)C[C@H](N)C(=O)N=S(N)(=O)c1sc(Cl)nc1Cl. The van der Waals surface area contributed by atoms with Crippen LogP contribution >= 0.6 is 34.5 Å². The molecule has 4 N–H and O–H groups in total. The van der Waals surface area contributed by atoms with E-state index in [2.05, 4.69) is 9.35 Å². The number of amides is 1. The molecule has 0 spiro atoms. The Morgan fingerprint density at radius 1 is 1.53 bits per heavy atom. The van der Waals surface area contributed by atoms with E-state index < -0.39 is 21.9 Å². The van der Waals surface area contributed by atoms with Crippen molar-refractivity contribution in [3.8, 4) is 0 Å². The standard InChI is InChI=1S/C9H14Cl2N4O2S2/c1-4(2)3-5(12)7(16)15-19(13,17)8-6(10)14-9(11)18-8/h4-5H,3,12H2,1-2H3,(H2,13,15,16,17)/t5-,19?/m0/s1. The molecular formula is C9H14Cl2N4O2S2. The zero-order valence-electron chi connectivity index (χ0n) is 10.3. The molecule has 0 aliphatic rings. The normalized spacial score (nSPS) is 16.2. The van der Waals surface area contributed by atoms with Gasteiger partial charge in [-0.3, -0.25) is 4.79 Å². The van der Waals surface area contributed by atoms with Crippen LogP contribution in [0.5, 0.6) is 0 Å². The van der Waals surface area contributed by atoms with Crippen LogP contribution in [-0.2, 0) is 14.7 Å². The summed E-state index contributed by atoms with van der Waals surface area (Å²) in [4.78, 5) is 15.4. The van der Waals surface area contributed by atoms with Gasteiger partial charge in [-0.1, -0.05) is 48.4 Å². The summed E-state index contributed by atoms with van der Waals surface area (Å²) in [5, 5.41) is 5.42. The van der Waals surface area contributed by atoms with Gasteiger partial charge in [-0.05, 0) is 12.3 Å². The molecule has 6 nitrogen and oxygen atoms in total. The number of nitrogens with zero attached hydrogens (tertiary/aromatic N) is 2. The van der Waals surface area contributed by atoms with Gasteiger partial charge in [0.05, 0.1) is 6.04 Å². The molecule has 0 aromatic carbocycles. The fourth-order valence-electron chi connectivity index (χ4n) is 1.30. The predicted octanol–water partition coefficient (Wildman–Crippen LogP) is 2.05. The maximum atomic E-state index is 12.2. The molecule has 1 amide bonds. The highest BCUT2D eigenvalue weighted by Gasteiger charge is 2.22. The van der Waals surface area contributed by atoms with E-state index in [4.69, 9.17) is 34.1 Å². The Morgan fingerprint density at radius 2 is 2.11 bits per heavy atom. The molecule has 0 aliphatic carbocycles. The van der Waals surface area contributed by atoms with Crippen LogP contribution in [0.4, 0.5) is 0 Å². The maximum Gasteiger partial charge on any atom is 0.271 e. The van der Waals surface area contributed by atoms with Crippen molar-refractivity contribution in [2.75, 3.05) is 0 Å². The second-order valence-corrected chi connectivity index (χ2v) is 8.21. The second-order valence-electron chi connectivity index (χ2n) is 4.28. The summed E-state index contributed by atoms with van der Waals surface area (Å²) in [6.45, 7) is 3.82. The van der Waals surface area contributed by atoms with Crippen molar-refractivity contribution in [1.29, 1.82) is 0 Å². The molecule has 0 radical (unpaired) electrons. The molecule has 0 saturated carbocycles. The monoisotopic (exact) mass is 344 g/mol. The van der Waals surface area contributed by atoms with E-state index in [-0.39, 0.29) is 19.7 Å². The fourth-order valence-corrected chi connectivity index (χ4v) is 4.39. The van der Waals surface area contributed by atoms with Gasteiger partial charge >= 0.3 is 0 Å². The molecule has 1 heterocycles. The third-order valence-electron chi connectivity index (χ3n) is 2.07. The summed E-state index contributed by atoms with van der Waals surface area (Å²) in [5.74, 6) is -0.508. The lowest BCUT2D eigenvalue weighted by Crippen LogP contribution is -2.32. The molecule has 1 unspecified atom stereocenters.